The lowest BCUT2D eigenvalue weighted by atomic mass is 10.1. The average molecular weight is 343 g/mol. The summed E-state index contributed by atoms with van der Waals surface area (Å²) in [7, 11) is 0. The molecule has 0 bridgehead atoms. The fourth-order valence-electron chi connectivity index (χ4n) is 2.66. The predicted molar refractivity (Wildman–Crippen MR) is 99.3 cm³/mol. The summed E-state index contributed by atoms with van der Waals surface area (Å²) < 4.78 is 5.50. The Kier molecular flexibility index (Phi) is 4.38. The van der Waals surface area contributed by atoms with Crippen LogP contribution in [0.25, 0.3) is 22.8 Å². The Morgan fingerprint density at radius 1 is 0.885 bits per heavy atom. The molecular weight excluding hydrogens is 326 g/mol. The molecule has 6 nitrogen and oxygen atoms in total. The molecule has 0 saturated heterocycles. The fraction of sp³-hybridized carbons (Fsp3) is 0.100. The first kappa shape index (κ1) is 16.0. The van der Waals surface area contributed by atoms with Gasteiger partial charge in [0, 0.05) is 18.0 Å². The zero-order valence-electron chi connectivity index (χ0n) is 14.3. The molecule has 0 atom stereocenters. The molecule has 0 spiro atoms. The third-order valence-corrected chi connectivity index (χ3v) is 4.01. The molecule has 0 unspecified atom stereocenters. The van der Waals surface area contributed by atoms with Crippen LogP contribution in [0.1, 0.15) is 11.3 Å². The lowest BCUT2D eigenvalue weighted by Crippen LogP contribution is -2.04. The highest BCUT2D eigenvalue weighted by atomic mass is 16.5. The van der Waals surface area contributed by atoms with E-state index in [4.69, 9.17) is 4.52 Å². The van der Waals surface area contributed by atoms with Crippen LogP contribution in [0.4, 0.5) is 5.82 Å². The number of aryl methyl sites for hydroxylation is 1. The molecule has 3 heterocycles. The number of benzene rings is 1. The minimum atomic E-state index is 0.430. The molecule has 128 valence electrons. The number of pyridine rings is 2. The van der Waals surface area contributed by atoms with Gasteiger partial charge in [0.05, 0.1) is 17.8 Å². The number of rotatable bonds is 5. The second-order valence-corrected chi connectivity index (χ2v) is 5.81. The summed E-state index contributed by atoms with van der Waals surface area (Å²) in [6, 6.07) is 17.5. The van der Waals surface area contributed by atoms with Crippen LogP contribution in [0, 0.1) is 6.92 Å². The Hall–Kier alpha value is -3.54. The first-order valence-electron chi connectivity index (χ1n) is 8.30. The highest BCUT2D eigenvalue weighted by Crippen LogP contribution is 2.28. The van der Waals surface area contributed by atoms with E-state index in [1.54, 1.807) is 12.4 Å². The first-order valence-corrected chi connectivity index (χ1v) is 8.30. The monoisotopic (exact) mass is 343 g/mol. The summed E-state index contributed by atoms with van der Waals surface area (Å²) in [6.07, 6.45) is 3.49. The maximum Gasteiger partial charge on any atom is 0.261 e. The van der Waals surface area contributed by atoms with Crippen molar-refractivity contribution < 1.29 is 4.52 Å². The van der Waals surface area contributed by atoms with Crippen molar-refractivity contribution in [3.8, 4) is 22.8 Å². The minimum Gasteiger partial charge on any atom is -0.364 e. The van der Waals surface area contributed by atoms with E-state index in [0.29, 0.717) is 24.1 Å². The molecule has 0 radical (unpaired) electrons. The van der Waals surface area contributed by atoms with Gasteiger partial charge in [0.2, 0.25) is 5.82 Å². The summed E-state index contributed by atoms with van der Waals surface area (Å²) in [5.74, 6) is 1.68. The molecule has 1 aromatic carbocycles. The molecular formula is C20H17N5O. The number of aromatic nitrogens is 4. The minimum absolute atomic E-state index is 0.430. The van der Waals surface area contributed by atoms with Gasteiger partial charge in [-0.3, -0.25) is 4.98 Å². The number of nitrogens with one attached hydrogen (secondary N) is 1. The molecule has 6 heteroatoms. The first-order chi connectivity index (χ1) is 12.8. The molecule has 0 fully saturated rings. The zero-order chi connectivity index (χ0) is 17.8. The van der Waals surface area contributed by atoms with Crippen molar-refractivity contribution in [3.05, 3.63) is 78.2 Å². The normalized spacial score (nSPS) is 10.7. The number of hydrogen-bond donors (Lipinski definition) is 1. The third kappa shape index (κ3) is 3.30. The summed E-state index contributed by atoms with van der Waals surface area (Å²) in [6.45, 7) is 2.58. The van der Waals surface area contributed by atoms with Gasteiger partial charge in [0.1, 0.15) is 5.82 Å². The summed E-state index contributed by atoms with van der Waals surface area (Å²) in [4.78, 5) is 13.3. The molecule has 4 rings (SSSR count). The molecule has 0 aliphatic rings. The van der Waals surface area contributed by atoms with Gasteiger partial charge < -0.3 is 9.84 Å². The molecule has 4 aromatic rings. The predicted octanol–water partition coefficient (Wildman–Crippen LogP) is 4.11. The Morgan fingerprint density at radius 2 is 1.69 bits per heavy atom. The second-order valence-electron chi connectivity index (χ2n) is 5.81. The van der Waals surface area contributed by atoms with Crippen LogP contribution < -0.4 is 5.32 Å². The van der Waals surface area contributed by atoms with E-state index in [2.05, 4.69) is 25.4 Å². The van der Waals surface area contributed by atoms with Gasteiger partial charge in [-0.15, -0.1) is 0 Å². The van der Waals surface area contributed by atoms with Crippen LogP contribution in [0.5, 0.6) is 0 Å². The Balaban J connectivity index is 1.62. The van der Waals surface area contributed by atoms with E-state index in [1.165, 1.54) is 0 Å². The molecule has 0 amide bonds. The van der Waals surface area contributed by atoms with Crippen LogP contribution >= 0.6 is 0 Å². The molecule has 3 aromatic heterocycles. The van der Waals surface area contributed by atoms with Gasteiger partial charge in [-0.05, 0) is 36.8 Å². The average Bonchev–Trinajstić information content (AvgIpc) is 3.17. The van der Waals surface area contributed by atoms with Crippen LogP contribution in [0.2, 0.25) is 0 Å². The van der Waals surface area contributed by atoms with Crippen molar-refractivity contribution in [2.45, 2.75) is 13.5 Å². The van der Waals surface area contributed by atoms with Crippen molar-refractivity contribution in [1.29, 1.82) is 0 Å². The largest absolute Gasteiger partial charge is 0.364 e. The summed E-state index contributed by atoms with van der Waals surface area (Å²) >= 11 is 0. The SMILES string of the molecule is Cc1ccccc1-c1noc(-c2cccnc2NCc2ccccn2)n1. The topological polar surface area (TPSA) is 76.7 Å². The van der Waals surface area contributed by atoms with Gasteiger partial charge in [0.15, 0.2) is 0 Å². The smallest absolute Gasteiger partial charge is 0.261 e. The van der Waals surface area contributed by atoms with E-state index >= 15 is 0 Å². The van der Waals surface area contributed by atoms with E-state index in [-0.39, 0.29) is 0 Å². The van der Waals surface area contributed by atoms with Crippen LogP contribution in [0.15, 0.2) is 71.5 Å². The third-order valence-electron chi connectivity index (χ3n) is 4.01. The van der Waals surface area contributed by atoms with Crippen molar-refractivity contribution in [1.82, 2.24) is 20.1 Å². The van der Waals surface area contributed by atoms with Gasteiger partial charge in [-0.1, -0.05) is 35.5 Å². The van der Waals surface area contributed by atoms with Crippen LogP contribution in [-0.4, -0.2) is 20.1 Å². The van der Waals surface area contributed by atoms with Crippen LogP contribution in [-0.2, 0) is 6.54 Å². The molecule has 0 aliphatic heterocycles. The Bertz CT molecular complexity index is 1010. The van der Waals surface area contributed by atoms with Crippen LogP contribution in [0.3, 0.4) is 0 Å². The van der Waals surface area contributed by atoms with Gasteiger partial charge >= 0.3 is 0 Å². The van der Waals surface area contributed by atoms with Gasteiger partial charge in [-0.2, -0.15) is 4.98 Å². The van der Waals surface area contributed by atoms with E-state index < -0.39 is 0 Å². The number of anilines is 1. The highest BCUT2D eigenvalue weighted by molar-refractivity contribution is 5.70. The standard InChI is InChI=1S/C20H17N5O/c1-14-7-2-3-9-16(14)19-24-20(26-25-19)17-10-6-12-22-18(17)23-13-15-8-4-5-11-21-15/h2-12H,13H2,1H3,(H,22,23). The number of hydrogen-bond acceptors (Lipinski definition) is 6. The summed E-state index contributed by atoms with van der Waals surface area (Å²) in [5, 5.41) is 7.42. The molecule has 1 N–H and O–H groups in total. The Morgan fingerprint density at radius 3 is 2.54 bits per heavy atom. The highest BCUT2D eigenvalue weighted by Gasteiger charge is 2.15. The van der Waals surface area contributed by atoms with Crippen molar-refractivity contribution in [3.63, 3.8) is 0 Å². The molecule has 0 saturated carbocycles. The van der Waals surface area contributed by atoms with E-state index in [1.807, 2.05) is 61.5 Å². The second kappa shape index (κ2) is 7.14. The quantitative estimate of drug-likeness (QED) is 0.587. The zero-order valence-corrected chi connectivity index (χ0v) is 14.3. The fourth-order valence-corrected chi connectivity index (χ4v) is 2.66. The number of nitrogens with zero attached hydrogens (tertiary/aromatic N) is 4. The lowest BCUT2D eigenvalue weighted by Gasteiger charge is -2.07. The van der Waals surface area contributed by atoms with E-state index in [0.717, 1.165) is 22.4 Å². The van der Waals surface area contributed by atoms with Gasteiger partial charge in [-0.25, -0.2) is 4.98 Å². The molecule has 26 heavy (non-hydrogen) atoms. The van der Waals surface area contributed by atoms with Crippen molar-refractivity contribution in [2.75, 3.05) is 5.32 Å². The maximum absolute atomic E-state index is 5.50. The van der Waals surface area contributed by atoms with Crippen molar-refractivity contribution in [2.24, 2.45) is 0 Å². The molecule has 0 aliphatic carbocycles. The van der Waals surface area contributed by atoms with Gasteiger partial charge in [0.25, 0.3) is 5.89 Å². The summed E-state index contributed by atoms with van der Waals surface area (Å²) in [5.41, 5.74) is 3.74. The lowest BCUT2D eigenvalue weighted by molar-refractivity contribution is 0.432. The maximum atomic E-state index is 5.50. The van der Waals surface area contributed by atoms with E-state index in [9.17, 15) is 0 Å². The Labute approximate surface area is 151 Å². The van der Waals surface area contributed by atoms with Crippen molar-refractivity contribution >= 4 is 5.82 Å².